The molecule has 1 aromatic carbocycles. The minimum atomic E-state index is -0.124. The van der Waals surface area contributed by atoms with Gasteiger partial charge in [-0.3, -0.25) is 4.79 Å². The van der Waals surface area contributed by atoms with E-state index >= 15 is 0 Å². The Hall–Kier alpha value is -2.45. The molecule has 2 heterocycles. The van der Waals surface area contributed by atoms with Gasteiger partial charge < -0.3 is 9.30 Å². The second-order valence-corrected chi connectivity index (χ2v) is 5.99. The molecular weight excluding hydrogens is 278 g/mol. The van der Waals surface area contributed by atoms with E-state index in [1.54, 1.807) is 6.33 Å². The molecule has 2 aromatic rings. The lowest BCUT2D eigenvalue weighted by molar-refractivity contribution is -0.0611. The van der Waals surface area contributed by atoms with E-state index in [0.29, 0.717) is 19.6 Å². The zero-order chi connectivity index (χ0) is 15.2. The number of carbonyl (C=O) groups is 1. The fourth-order valence-electron chi connectivity index (χ4n) is 3.05. The Morgan fingerprint density at radius 2 is 2.32 bits per heavy atom. The van der Waals surface area contributed by atoms with Crippen molar-refractivity contribution in [1.82, 2.24) is 14.8 Å². The number of aryl methyl sites for hydroxylation is 1. The largest absolute Gasteiger partial charge is 0.379 e. The summed E-state index contributed by atoms with van der Waals surface area (Å²) in [6, 6.07) is 6.11. The summed E-state index contributed by atoms with van der Waals surface area (Å²) in [5.74, 6) is 6.37. The summed E-state index contributed by atoms with van der Waals surface area (Å²) in [5, 5.41) is 8.12. The predicted molar refractivity (Wildman–Crippen MR) is 81.6 cm³/mol. The van der Waals surface area contributed by atoms with Crippen LogP contribution in [0.1, 0.15) is 28.7 Å². The second-order valence-electron chi connectivity index (χ2n) is 5.99. The Bertz CT molecular complexity index is 828. The van der Waals surface area contributed by atoms with Gasteiger partial charge in [0, 0.05) is 32.3 Å². The Labute approximate surface area is 129 Å². The van der Waals surface area contributed by atoms with Gasteiger partial charge in [0.1, 0.15) is 12.2 Å². The maximum Gasteiger partial charge on any atom is 0.236 e. The third kappa shape index (κ3) is 1.96. The first kappa shape index (κ1) is 13.2. The number of ether oxygens (including phenoxy) is 1. The van der Waals surface area contributed by atoms with Crippen molar-refractivity contribution in [2.45, 2.75) is 18.3 Å². The number of Topliss-reactive ketones (excluding diaryl/α,β-unsaturated/α-hetero) is 1. The Balaban J connectivity index is 0.00000156. The first-order valence-electron chi connectivity index (χ1n) is 7.25. The molecule has 0 unspecified atom stereocenters. The maximum absolute atomic E-state index is 12.0. The molecule has 5 nitrogen and oxygen atoms in total. The van der Waals surface area contributed by atoms with Crippen LogP contribution >= 0.6 is 0 Å². The molecule has 0 atom stereocenters. The summed E-state index contributed by atoms with van der Waals surface area (Å²) >= 11 is 0. The standard InChI is InChI=1S/C17H15N3O2.H2/c1-20-11-18-19-16(20)8-17(9-22-10-17)13-6-5-12-3-2-4-15(21)14(12)7-13;/h5-7,11H,3,8-10H2,1H3;1H. The summed E-state index contributed by atoms with van der Waals surface area (Å²) in [4.78, 5) is 12.0. The van der Waals surface area contributed by atoms with Gasteiger partial charge >= 0.3 is 0 Å². The van der Waals surface area contributed by atoms with Crippen molar-refractivity contribution in [3.05, 3.63) is 47.0 Å². The third-order valence-corrected chi connectivity index (χ3v) is 4.51. The van der Waals surface area contributed by atoms with E-state index in [1.807, 2.05) is 23.7 Å². The molecule has 0 N–H and O–H groups in total. The number of nitrogens with zero attached hydrogens (tertiary/aromatic N) is 3. The lowest BCUT2D eigenvalue weighted by Crippen LogP contribution is -2.49. The quantitative estimate of drug-likeness (QED) is 0.633. The van der Waals surface area contributed by atoms with Crippen molar-refractivity contribution in [2.24, 2.45) is 7.05 Å². The summed E-state index contributed by atoms with van der Waals surface area (Å²) in [6.07, 6.45) is 3.10. The van der Waals surface area contributed by atoms with Crippen molar-refractivity contribution in [3.8, 4) is 11.8 Å². The van der Waals surface area contributed by atoms with Crippen LogP contribution in [0.15, 0.2) is 24.5 Å². The smallest absolute Gasteiger partial charge is 0.236 e. The van der Waals surface area contributed by atoms with E-state index in [9.17, 15) is 4.79 Å². The van der Waals surface area contributed by atoms with Gasteiger partial charge in [0.2, 0.25) is 5.78 Å². The number of rotatable bonds is 3. The third-order valence-electron chi connectivity index (χ3n) is 4.51. The Morgan fingerprint density at radius 3 is 3.00 bits per heavy atom. The zero-order valence-electron chi connectivity index (χ0n) is 12.3. The summed E-state index contributed by atoms with van der Waals surface area (Å²) in [5.41, 5.74) is 2.75. The molecule has 22 heavy (non-hydrogen) atoms. The van der Waals surface area contributed by atoms with Gasteiger partial charge in [0.05, 0.1) is 13.2 Å². The lowest BCUT2D eigenvalue weighted by Gasteiger charge is -2.42. The average molecular weight is 295 g/mol. The number of fused-ring (bicyclic) bond motifs is 1. The summed E-state index contributed by atoms with van der Waals surface area (Å²) in [7, 11) is 1.94. The van der Waals surface area contributed by atoms with E-state index in [0.717, 1.165) is 28.9 Å². The van der Waals surface area contributed by atoms with Gasteiger partial charge in [-0.15, -0.1) is 10.2 Å². The van der Waals surface area contributed by atoms with Crippen LogP contribution in [0.5, 0.6) is 0 Å². The maximum atomic E-state index is 12.0. The van der Waals surface area contributed by atoms with Gasteiger partial charge in [-0.25, -0.2) is 0 Å². The number of benzene rings is 1. The van der Waals surface area contributed by atoms with Crippen LogP contribution in [0.2, 0.25) is 0 Å². The van der Waals surface area contributed by atoms with Crippen molar-refractivity contribution >= 4 is 5.78 Å². The highest BCUT2D eigenvalue weighted by Gasteiger charge is 2.42. The number of ketones is 1. The molecule has 4 rings (SSSR count). The zero-order valence-corrected chi connectivity index (χ0v) is 12.3. The first-order chi connectivity index (χ1) is 10.7. The van der Waals surface area contributed by atoms with Crippen molar-refractivity contribution in [2.75, 3.05) is 13.2 Å². The van der Waals surface area contributed by atoms with Gasteiger partial charge in [-0.2, -0.15) is 0 Å². The van der Waals surface area contributed by atoms with Crippen LogP contribution in [0.25, 0.3) is 0 Å². The molecule has 2 aliphatic rings. The van der Waals surface area contributed by atoms with Crippen LogP contribution < -0.4 is 0 Å². The van der Waals surface area contributed by atoms with Crippen LogP contribution in [0.3, 0.4) is 0 Å². The molecule has 1 fully saturated rings. The van der Waals surface area contributed by atoms with Crippen molar-refractivity contribution in [1.29, 1.82) is 0 Å². The average Bonchev–Trinajstić information content (AvgIpc) is 2.88. The van der Waals surface area contributed by atoms with Gasteiger partial charge in [0.25, 0.3) is 0 Å². The molecular formula is C17H17N3O2. The van der Waals surface area contributed by atoms with Crippen LogP contribution in [0, 0.1) is 11.8 Å². The molecule has 1 saturated heterocycles. The monoisotopic (exact) mass is 295 g/mol. The molecule has 1 aliphatic heterocycles. The second kappa shape index (κ2) is 4.79. The van der Waals surface area contributed by atoms with E-state index in [1.165, 1.54) is 0 Å². The van der Waals surface area contributed by atoms with E-state index in [4.69, 9.17) is 4.74 Å². The topological polar surface area (TPSA) is 57.0 Å². The first-order valence-corrected chi connectivity index (χ1v) is 7.25. The molecule has 112 valence electrons. The summed E-state index contributed by atoms with van der Waals surface area (Å²) < 4.78 is 7.41. The molecule has 0 bridgehead atoms. The highest BCUT2D eigenvalue weighted by Crippen LogP contribution is 2.36. The number of carbonyl (C=O) groups excluding carboxylic acids is 1. The Kier molecular flexibility index (Phi) is 2.88. The highest BCUT2D eigenvalue weighted by molar-refractivity contribution is 6.11. The van der Waals surface area contributed by atoms with Crippen LogP contribution in [-0.4, -0.2) is 33.8 Å². The predicted octanol–water partition coefficient (Wildman–Crippen LogP) is 1.31. The molecule has 0 amide bonds. The molecule has 0 radical (unpaired) electrons. The van der Waals surface area contributed by atoms with Gasteiger partial charge in [0.15, 0.2) is 0 Å². The van der Waals surface area contributed by atoms with Crippen molar-refractivity contribution < 1.29 is 11.0 Å². The number of hydrogen-bond acceptors (Lipinski definition) is 4. The highest BCUT2D eigenvalue weighted by atomic mass is 16.5. The SMILES string of the molecule is Cn1cnnc1CC1(c2ccc3c(c2)C(=O)C#CC3)COC1.[HH]. The van der Waals surface area contributed by atoms with Gasteiger partial charge in [-0.05, 0) is 23.1 Å². The minimum Gasteiger partial charge on any atom is -0.379 e. The van der Waals surface area contributed by atoms with Gasteiger partial charge in [-0.1, -0.05) is 18.1 Å². The number of hydrogen-bond donors (Lipinski definition) is 0. The minimum absolute atomic E-state index is 0. The van der Waals surface area contributed by atoms with Crippen LogP contribution in [0.4, 0.5) is 0 Å². The summed E-state index contributed by atoms with van der Waals surface area (Å²) in [6.45, 7) is 1.27. The molecule has 5 heteroatoms. The number of aromatic nitrogens is 3. The Morgan fingerprint density at radius 1 is 1.45 bits per heavy atom. The van der Waals surface area contributed by atoms with E-state index < -0.39 is 0 Å². The van der Waals surface area contributed by atoms with E-state index in [2.05, 4.69) is 28.1 Å². The van der Waals surface area contributed by atoms with Crippen molar-refractivity contribution in [3.63, 3.8) is 0 Å². The normalized spacial score (nSPS) is 18.1. The fraction of sp³-hybridized carbons (Fsp3) is 0.353. The van der Waals surface area contributed by atoms with Crippen LogP contribution in [-0.2, 0) is 30.0 Å². The van der Waals surface area contributed by atoms with E-state index in [-0.39, 0.29) is 12.6 Å². The molecule has 1 aliphatic carbocycles. The molecule has 0 saturated carbocycles. The molecule has 1 aromatic heterocycles. The fourth-order valence-corrected chi connectivity index (χ4v) is 3.05. The molecule has 0 spiro atoms. The lowest BCUT2D eigenvalue weighted by atomic mass is 9.74.